The molecular formula is C12H14N2OS3. The highest BCUT2D eigenvalue weighted by Gasteiger charge is 2.30. The van der Waals surface area contributed by atoms with Crippen molar-refractivity contribution in [3.8, 4) is 0 Å². The standard InChI is InChI=1S/C12H14N2OS3/c1-3-13-7-8-17-10(13)6-5-9-11(15)14(4-2)12(16)18-9/h5-8H,3-4H2,1-2H3. The number of carbonyl (C=O) groups excluding carboxylic acids is 1. The molecule has 0 unspecified atom stereocenters. The second-order valence-electron chi connectivity index (χ2n) is 3.64. The summed E-state index contributed by atoms with van der Waals surface area (Å²) in [5.74, 6) is 0.0170. The average molecular weight is 298 g/mol. The van der Waals surface area contributed by atoms with Crippen LogP contribution < -0.4 is 0 Å². The highest BCUT2D eigenvalue weighted by atomic mass is 32.2. The van der Waals surface area contributed by atoms with E-state index in [9.17, 15) is 4.79 Å². The maximum atomic E-state index is 12.0. The van der Waals surface area contributed by atoms with Gasteiger partial charge in [0.1, 0.15) is 4.32 Å². The highest BCUT2D eigenvalue weighted by Crippen LogP contribution is 2.33. The molecule has 0 saturated carbocycles. The van der Waals surface area contributed by atoms with Gasteiger partial charge in [0.25, 0.3) is 5.91 Å². The molecule has 0 aliphatic carbocycles. The number of hydrogen-bond donors (Lipinski definition) is 0. The van der Waals surface area contributed by atoms with Crippen LogP contribution in [-0.2, 0) is 4.79 Å². The molecule has 0 aromatic rings. The molecule has 1 fully saturated rings. The van der Waals surface area contributed by atoms with Crippen LogP contribution in [0.15, 0.2) is 33.7 Å². The minimum absolute atomic E-state index is 0.0170. The number of hydrogen-bond acceptors (Lipinski definition) is 5. The fourth-order valence-electron chi connectivity index (χ4n) is 1.64. The maximum absolute atomic E-state index is 12.0. The van der Waals surface area contributed by atoms with E-state index in [0.29, 0.717) is 15.8 Å². The predicted molar refractivity (Wildman–Crippen MR) is 82.9 cm³/mol. The average Bonchev–Trinajstić information content (AvgIpc) is 2.91. The van der Waals surface area contributed by atoms with Crippen LogP contribution in [0.4, 0.5) is 0 Å². The number of nitrogens with zero attached hydrogens (tertiary/aromatic N) is 2. The first-order chi connectivity index (χ1) is 8.67. The highest BCUT2D eigenvalue weighted by molar-refractivity contribution is 8.26. The van der Waals surface area contributed by atoms with Gasteiger partial charge in [-0.05, 0) is 31.4 Å². The Labute approximate surface area is 121 Å². The van der Waals surface area contributed by atoms with Gasteiger partial charge in [-0.3, -0.25) is 9.69 Å². The molecule has 3 nitrogen and oxygen atoms in total. The Bertz CT molecular complexity index is 468. The quantitative estimate of drug-likeness (QED) is 0.588. The third-order valence-corrected chi connectivity index (χ3v) is 4.89. The molecule has 0 radical (unpaired) electrons. The van der Waals surface area contributed by atoms with Gasteiger partial charge in [0.15, 0.2) is 0 Å². The first kappa shape index (κ1) is 13.7. The van der Waals surface area contributed by atoms with Gasteiger partial charge in [0, 0.05) is 19.3 Å². The van der Waals surface area contributed by atoms with E-state index >= 15 is 0 Å². The van der Waals surface area contributed by atoms with E-state index in [1.54, 1.807) is 16.7 Å². The molecule has 2 aliphatic heterocycles. The van der Waals surface area contributed by atoms with Crippen molar-refractivity contribution in [2.45, 2.75) is 13.8 Å². The summed E-state index contributed by atoms with van der Waals surface area (Å²) in [6.07, 6.45) is 5.89. The summed E-state index contributed by atoms with van der Waals surface area (Å²) < 4.78 is 0.650. The summed E-state index contributed by atoms with van der Waals surface area (Å²) in [5.41, 5.74) is 0. The van der Waals surface area contributed by atoms with Crippen LogP contribution >= 0.6 is 35.7 Å². The molecule has 96 valence electrons. The van der Waals surface area contributed by atoms with Crippen LogP contribution in [0.1, 0.15) is 13.8 Å². The van der Waals surface area contributed by atoms with Crippen LogP contribution in [0, 0.1) is 0 Å². The fourth-order valence-corrected chi connectivity index (χ4v) is 3.79. The Morgan fingerprint density at radius 3 is 2.72 bits per heavy atom. The van der Waals surface area contributed by atoms with Crippen molar-refractivity contribution < 1.29 is 4.79 Å². The summed E-state index contributed by atoms with van der Waals surface area (Å²) in [5, 5.41) is 3.18. The van der Waals surface area contributed by atoms with E-state index in [1.165, 1.54) is 11.8 Å². The summed E-state index contributed by atoms with van der Waals surface area (Å²) in [4.78, 5) is 16.5. The molecule has 2 rings (SSSR count). The number of thioether (sulfide) groups is 2. The summed E-state index contributed by atoms with van der Waals surface area (Å²) >= 11 is 8.20. The molecule has 0 N–H and O–H groups in total. The van der Waals surface area contributed by atoms with Gasteiger partial charge in [-0.15, -0.1) is 0 Å². The molecule has 2 aliphatic rings. The van der Waals surface area contributed by atoms with Crippen molar-refractivity contribution in [3.05, 3.63) is 33.7 Å². The Morgan fingerprint density at radius 2 is 2.11 bits per heavy atom. The zero-order valence-electron chi connectivity index (χ0n) is 10.3. The molecule has 0 spiro atoms. The smallest absolute Gasteiger partial charge is 0.266 e. The van der Waals surface area contributed by atoms with E-state index in [-0.39, 0.29) is 5.91 Å². The second kappa shape index (κ2) is 5.95. The second-order valence-corrected chi connectivity index (χ2v) is 6.24. The van der Waals surface area contributed by atoms with Crippen molar-refractivity contribution in [1.82, 2.24) is 9.80 Å². The van der Waals surface area contributed by atoms with E-state index < -0.39 is 0 Å². The lowest BCUT2D eigenvalue weighted by molar-refractivity contribution is -0.122. The SMILES string of the molecule is CCN1C=CSC1=CC=C1SC(=S)N(CC)C1=O. The Kier molecular flexibility index (Phi) is 4.53. The molecule has 1 amide bonds. The van der Waals surface area contributed by atoms with Gasteiger partial charge < -0.3 is 4.90 Å². The molecular weight excluding hydrogens is 284 g/mol. The van der Waals surface area contributed by atoms with Crippen LogP contribution in [0.25, 0.3) is 0 Å². The van der Waals surface area contributed by atoms with Gasteiger partial charge in [0.2, 0.25) is 0 Å². The van der Waals surface area contributed by atoms with Crippen molar-refractivity contribution in [2.24, 2.45) is 0 Å². The topological polar surface area (TPSA) is 23.6 Å². The predicted octanol–water partition coefficient (Wildman–Crippen LogP) is 3.13. The Morgan fingerprint density at radius 1 is 1.33 bits per heavy atom. The summed E-state index contributed by atoms with van der Waals surface area (Å²) in [7, 11) is 0. The molecule has 2 heterocycles. The Balaban J connectivity index is 2.14. The van der Waals surface area contributed by atoms with Gasteiger partial charge in [0.05, 0.1) is 9.93 Å². The van der Waals surface area contributed by atoms with Gasteiger partial charge in [-0.2, -0.15) is 0 Å². The number of allylic oxidation sites excluding steroid dienone is 2. The normalized spacial score (nSPS) is 24.1. The maximum Gasteiger partial charge on any atom is 0.266 e. The summed E-state index contributed by atoms with van der Waals surface area (Å²) in [6, 6.07) is 0. The number of amides is 1. The van der Waals surface area contributed by atoms with E-state index in [2.05, 4.69) is 11.8 Å². The van der Waals surface area contributed by atoms with Crippen LogP contribution in [0.2, 0.25) is 0 Å². The lowest BCUT2D eigenvalue weighted by atomic mass is 10.4. The molecule has 6 heteroatoms. The first-order valence-corrected chi connectivity index (χ1v) is 7.83. The lowest BCUT2D eigenvalue weighted by Crippen LogP contribution is -2.27. The Hall–Kier alpha value is -0.720. The largest absolute Gasteiger partial charge is 0.342 e. The van der Waals surface area contributed by atoms with Crippen molar-refractivity contribution in [1.29, 1.82) is 0 Å². The van der Waals surface area contributed by atoms with E-state index in [4.69, 9.17) is 12.2 Å². The van der Waals surface area contributed by atoms with E-state index in [0.717, 1.165) is 11.6 Å². The van der Waals surface area contributed by atoms with Crippen LogP contribution in [-0.4, -0.2) is 33.1 Å². The zero-order chi connectivity index (χ0) is 13.1. The van der Waals surface area contributed by atoms with Crippen molar-refractivity contribution in [3.63, 3.8) is 0 Å². The number of thiocarbonyl (C=S) groups is 1. The zero-order valence-corrected chi connectivity index (χ0v) is 12.7. The minimum Gasteiger partial charge on any atom is -0.342 e. The van der Waals surface area contributed by atoms with Crippen molar-refractivity contribution in [2.75, 3.05) is 13.1 Å². The van der Waals surface area contributed by atoms with Gasteiger partial charge in [-0.1, -0.05) is 35.7 Å². The van der Waals surface area contributed by atoms with Gasteiger partial charge in [-0.25, -0.2) is 0 Å². The summed E-state index contributed by atoms with van der Waals surface area (Å²) in [6.45, 7) is 5.59. The van der Waals surface area contributed by atoms with Crippen molar-refractivity contribution >= 4 is 46.0 Å². The molecule has 1 saturated heterocycles. The fraction of sp³-hybridized carbons (Fsp3) is 0.333. The third-order valence-electron chi connectivity index (χ3n) is 2.62. The number of likely N-dealkylation sites (N-methyl/N-ethyl adjacent to an activating group) is 1. The third kappa shape index (κ3) is 2.65. The number of carbonyl (C=O) groups is 1. The van der Waals surface area contributed by atoms with Crippen LogP contribution in [0.3, 0.4) is 0 Å². The molecule has 0 atom stereocenters. The van der Waals surface area contributed by atoms with Crippen LogP contribution in [0.5, 0.6) is 0 Å². The molecule has 0 bridgehead atoms. The number of rotatable bonds is 3. The first-order valence-electron chi connectivity index (χ1n) is 5.73. The lowest BCUT2D eigenvalue weighted by Gasteiger charge is -2.13. The molecule has 0 aromatic carbocycles. The monoisotopic (exact) mass is 298 g/mol. The molecule has 18 heavy (non-hydrogen) atoms. The minimum atomic E-state index is 0.0170. The van der Waals surface area contributed by atoms with Gasteiger partial charge >= 0.3 is 0 Å². The van der Waals surface area contributed by atoms with E-state index in [1.807, 2.05) is 30.7 Å². The molecule has 0 aromatic heterocycles.